The van der Waals surface area contributed by atoms with Crippen molar-refractivity contribution in [3.63, 3.8) is 0 Å². The van der Waals surface area contributed by atoms with Crippen molar-refractivity contribution in [2.75, 3.05) is 26.7 Å². The molecule has 1 aliphatic carbocycles. The smallest absolute Gasteiger partial charge is 0.307 e. The molecule has 0 bridgehead atoms. The number of carbonyl (C=O) groups is 3. The van der Waals surface area contributed by atoms with E-state index in [-0.39, 0.29) is 24.3 Å². The van der Waals surface area contributed by atoms with Gasteiger partial charge >= 0.3 is 5.97 Å². The summed E-state index contributed by atoms with van der Waals surface area (Å²) in [5, 5.41) is 9.25. The molecule has 1 heterocycles. The van der Waals surface area contributed by atoms with Crippen LogP contribution in [-0.4, -0.2) is 59.4 Å². The van der Waals surface area contributed by atoms with Crippen LogP contribution in [0.3, 0.4) is 0 Å². The number of aliphatic carboxylic acids is 1. The highest BCUT2D eigenvalue weighted by atomic mass is 16.4. The Morgan fingerprint density at radius 2 is 1.85 bits per heavy atom. The van der Waals surface area contributed by atoms with E-state index in [2.05, 4.69) is 0 Å². The first-order valence-corrected chi connectivity index (χ1v) is 7.15. The fourth-order valence-corrected chi connectivity index (χ4v) is 3.25. The molecule has 1 saturated carbocycles. The lowest BCUT2D eigenvalue weighted by Crippen LogP contribution is -2.43. The Bertz CT molecular complexity index is 423. The molecule has 6 nitrogen and oxygen atoms in total. The molecule has 1 aliphatic heterocycles. The van der Waals surface area contributed by atoms with Gasteiger partial charge in [0.25, 0.3) is 0 Å². The summed E-state index contributed by atoms with van der Waals surface area (Å²) < 4.78 is 0. The fraction of sp³-hybridized carbons (Fsp3) is 0.786. The van der Waals surface area contributed by atoms with Crippen LogP contribution < -0.4 is 0 Å². The van der Waals surface area contributed by atoms with Crippen molar-refractivity contribution < 1.29 is 19.5 Å². The van der Waals surface area contributed by atoms with Crippen LogP contribution in [0.25, 0.3) is 0 Å². The molecule has 0 aromatic heterocycles. The molecule has 0 aromatic rings. The maximum Gasteiger partial charge on any atom is 0.307 e. The van der Waals surface area contributed by atoms with Crippen LogP contribution in [0.4, 0.5) is 0 Å². The second kappa shape index (κ2) is 5.81. The highest BCUT2D eigenvalue weighted by Crippen LogP contribution is 2.37. The number of hydrogen-bond acceptors (Lipinski definition) is 3. The summed E-state index contributed by atoms with van der Waals surface area (Å²) in [5.74, 6) is -1.96. The molecule has 2 aliphatic rings. The Labute approximate surface area is 118 Å². The van der Waals surface area contributed by atoms with Gasteiger partial charge in [0, 0.05) is 20.1 Å². The van der Waals surface area contributed by atoms with E-state index in [1.807, 2.05) is 6.92 Å². The van der Waals surface area contributed by atoms with Gasteiger partial charge in [-0.25, -0.2) is 0 Å². The summed E-state index contributed by atoms with van der Waals surface area (Å²) in [6, 6.07) is 0. The number of carbonyl (C=O) groups excluding carboxylic acids is 2. The van der Waals surface area contributed by atoms with Crippen LogP contribution in [0.2, 0.25) is 0 Å². The molecule has 1 saturated heterocycles. The molecule has 112 valence electrons. The maximum absolute atomic E-state index is 12.6. The van der Waals surface area contributed by atoms with Gasteiger partial charge in [-0.15, -0.1) is 0 Å². The average Bonchev–Trinajstić information content (AvgIpc) is 2.70. The number of carboxylic acid groups (broad SMARTS) is 1. The number of rotatable bonds is 2. The zero-order chi connectivity index (χ0) is 14.9. The Morgan fingerprint density at radius 1 is 1.20 bits per heavy atom. The van der Waals surface area contributed by atoms with Crippen LogP contribution in [-0.2, 0) is 14.4 Å². The van der Waals surface area contributed by atoms with Crippen LogP contribution >= 0.6 is 0 Å². The van der Waals surface area contributed by atoms with Gasteiger partial charge < -0.3 is 14.9 Å². The number of amides is 2. The third kappa shape index (κ3) is 2.94. The summed E-state index contributed by atoms with van der Waals surface area (Å²) in [6.07, 6.45) is 1.90. The van der Waals surface area contributed by atoms with E-state index in [9.17, 15) is 19.5 Å². The molecule has 2 rings (SSSR count). The van der Waals surface area contributed by atoms with E-state index in [0.29, 0.717) is 25.9 Å². The zero-order valence-electron chi connectivity index (χ0n) is 12.0. The van der Waals surface area contributed by atoms with Crippen molar-refractivity contribution in [2.24, 2.45) is 17.8 Å². The lowest BCUT2D eigenvalue weighted by molar-refractivity contribution is -0.149. The molecule has 2 amide bonds. The monoisotopic (exact) mass is 282 g/mol. The normalized spacial score (nSPS) is 31.3. The molecule has 1 N–H and O–H groups in total. The predicted molar refractivity (Wildman–Crippen MR) is 71.8 cm³/mol. The van der Waals surface area contributed by atoms with E-state index in [0.717, 1.165) is 6.42 Å². The highest BCUT2D eigenvalue weighted by molar-refractivity contribution is 5.89. The van der Waals surface area contributed by atoms with Gasteiger partial charge in [-0.2, -0.15) is 0 Å². The molecule has 3 atom stereocenters. The van der Waals surface area contributed by atoms with Gasteiger partial charge in [-0.1, -0.05) is 6.92 Å². The quantitative estimate of drug-likeness (QED) is 0.796. The summed E-state index contributed by atoms with van der Waals surface area (Å²) >= 11 is 0. The number of likely N-dealkylation sites (N-methyl/N-ethyl adjacent to an activating group) is 1. The minimum atomic E-state index is -0.897. The minimum Gasteiger partial charge on any atom is -0.481 e. The summed E-state index contributed by atoms with van der Waals surface area (Å²) in [7, 11) is 1.73. The minimum absolute atomic E-state index is 0.0752. The molecule has 20 heavy (non-hydrogen) atoms. The van der Waals surface area contributed by atoms with Crippen molar-refractivity contribution in [2.45, 2.75) is 26.2 Å². The molecular formula is C14H22N2O4. The summed E-state index contributed by atoms with van der Waals surface area (Å²) in [4.78, 5) is 38.9. The van der Waals surface area contributed by atoms with E-state index in [4.69, 9.17) is 0 Å². The molecule has 2 fully saturated rings. The van der Waals surface area contributed by atoms with Crippen molar-refractivity contribution in [3.8, 4) is 0 Å². The van der Waals surface area contributed by atoms with Gasteiger partial charge in [-0.05, 0) is 25.2 Å². The van der Waals surface area contributed by atoms with Crippen LogP contribution in [0, 0.1) is 17.8 Å². The van der Waals surface area contributed by atoms with E-state index < -0.39 is 17.8 Å². The third-order valence-electron chi connectivity index (χ3n) is 4.42. The highest BCUT2D eigenvalue weighted by Gasteiger charge is 2.43. The number of carboxylic acids is 1. The molecular weight excluding hydrogens is 260 g/mol. The van der Waals surface area contributed by atoms with Gasteiger partial charge in [0.15, 0.2) is 0 Å². The Balaban J connectivity index is 2.09. The van der Waals surface area contributed by atoms with E-state index in [1.165, 1.54) is 0 Å². The van der Waals surface area contributed by atoms with Gasteiger partial charge in [0.1, 0.15) is 0 Å². The van der Waals surface area contributed by atoms with E-state index in [1.54, 1.807) is 16.8 Å². The molecule has 6 heteroatoms. The second-order valence-electron chi connectivity index (χ2n) is 6.06. The average molecular weight is 282 g/mol. The van der Waals surface area contributed by atoms with Crippen molar-refractivity contribution in [1.29, 1.82) is 0 Å². The summed E-state index contributed by atoms with van der Waals surface area (Å²) in [6.45, 7) is 3.23. The van der Waals surface area contributed by atoms with E-state index >= 15 is 0 Å². The number of nitrogens with zero attached hydrogens (tertiary/aromatic N) is 2. The standard InChI is InChI=1S/C14H22N2O4/c1-9-6-10(11(7-9)14(19)20)13(18)16-5-3-4-15(2)12(17)8-16/h9-11H,3-8H2,1-2H3,(H,19,20)/t9?,10-,11+/m0/s1. The second-order valence-corrected chi connectivity index (χ2v) is 6.06. The summed E-state index contributed by atoms with van der Waals surface area (Å²) in [5.41, 5.74) is 0. The first-order valence-electron chi connectivity index (χ1n) is 7.15. The van der Waals surface area contributed by atoms with Gasteiger partial charge in [0.2, 0.25) is 11.8 Å². The van der Waals surface area contributed by atoms with Crippen LogP contribution in [0.15, 0.2) is 0 Å². The first kappa shape index (κ1) is 14.8. The SMILES string of the molecule is CC1C[C@H](C(=O)N2CCCN(C)C(=O)C2)[C@H](C(=O)O)C1. The fourth-order valence-electron chi connectivity index (χ4n) is 3.25. The third-order valence-corrected chi connectivity index (χ3v) is 4.42. The Kier molecular flexibility index (Phi) is 4.30. The number of hydrogen-bond donors (Lipinski definition) is 1. The Hall–Kier alpha value is -1.59. The van der Waals surface area contributed by atoms with Gasteiger partial charge in [0.05, 0.1) is 18.4 Å². The van der Waals surface area contributed by atoms with Crippen LogP contribution in [0.1, 0.15) is 26.2 Å². The zero-order valence-corrected chi connectivity index (χ0v) is 12.0. The van der Waals surface area contributed by atoms with Gasteiger partial charge in [-0.3, -0.25) is 14.4 Å². The topological polar surface area (TPSA) is 77.9 Å². The largest absolute Gasteiger partial charge is 0.481 e. The van der Waals surface area contributed by atoms with Crippen molar-refractivity contribution in [1.82, 2.24) is 9.80 Å². The van der Waals surface area contributed by atoms with Crippen molar-refractivity contribution in [3.05, 3.63) is 0 Å². The van der Waals surface area contributed by atoms with Crippen LogP contribution in [0.5, 0.6) is 0 Å². The lowest BCUT2D eigenvalue weighted by Gasteiger charge is -2.25. The molecule has 1 unspecified atom stereocenters. The predicted octanol–water partition coefficient (Wildman–Crippen LogP) is 0.424. The molecule has 0 radical (unpaired) electrons. The maximum atomic E-state index is 12.6. The Morgan fingerprint density at radius 3 is 2.50 bits per heavy atom. The molecule has 0 spiro atoms. The first-order chi connectivity index (χ1) is 9.40. The lowest BCUT2D eigenvalue weighted by atomic mass is 9.94. The molecule has 0 aromatic carbocycles. The van der Waals surface area contributed by atoms with Crippen molar-refractivity contribution >= 4 is 17.8 Å².